The Morgan fingerprint density at radius 1 is 1.24 bits per heavy atom. The lowest BCUT2D eigenvalue weighted by molar-refractivity contribution is -0.153. The van der Waals surface area contributed by atoms with Crippen LogP contribution in [0.4, 0.5) is 0 Å². The fourth-order valence-corrected chi connectivity index (χ4v) is 2.01. The average Bonchev–Trinajstić information content (AvgIpc) is 2.28. The molecule has 0 saturated heterocycles. The van der Waals surface area contributed by atoms with Crippen LogP contribution in [0.25, 0.3) is 0 Å². The maximum atomic E-state index is 11.7. The molecule has 0 aromatic heterocycles. The molecule has 4 heteroatoms. The van der Waals surface area contributed by atoms with Crippen LogP contribution in [0.2, 0.25) is 0 Å². The summed E-state index contributed by atoms with van der Waals surface area (Å²) in [5.41, 5.74) is -0.169. The summed E-state index contributed by atoms with van der Waals surface area (Å²) in [5, 5.41) is 11.8. The monoisotopic (exact) mass is 233 g/mol. The van der Waals surface area contributed by atoms with E-state index in [-0.39, 0.29) is 12.5 Å². The van der Waals surface area contributed by atoms with E-state index in [0.29, 0.717) is 18.4 Å². The van der Waals surface area contributed by atoms with Gasteiger partial charge in [0.2, 0.25) is 0 Å². The number of amides is 1. The fraction of sp³-hybridized carbons (Fsp3) is 0.385. The van der Waals surface area contributed by atoms with Gasteiger partial charge in [0.05, 0.1) is 5.41 Å². The molecule has 0 aliphatic heterocycles. The van der Waals surface area contributed by atoms with E-state index in [4.69, 9.17) is 5.11 Å². The van der Waals surface area contributed by atoms with Gasteiger partial charge in [-0.25, -0.2) is 0 Å². The summed E-state index contributed by atoms with van der Waals surface area (Å²) < 4.78 is 0. The van der Waals surface area contributed by atoms with E-state index in [1.54, 1.807) is 24.3 Å². The van der Waals surface area contributed by atoms with E-state index in [9.17, 15) is 9.59 Å². The summed E-state index contributed by atoms with van der Waals surface area (Å²) in [5.74, 6) is -1.02. The van der Waals surface area contributed by atoms with Crippen molar-refractivity contribution < 1.29 is 14.7 Å². The second-order valence-electron chi connectivity index (χ2n) is 4.49. The summed E-state index contributed by atoms with van der Waals surface area (Å²) in [6, 6.07) is 8.82. The first-order valence-corrected chi connectivity index (χ1v) is 5.71. The summed E-state index contributed by atoms with van der Waals surface area (Å²) in [4.78, 5) is 22.9. The molecule has 4 nitrogen and oxygen atoms in total. The van der Waals surface area contributed by atoms with Gasteiger partial charge in [0.15, 0.2) is 0 Å². The van der Waals surface area contributed by atoms with E-state index in [1.165, 1.54) is 0 Å². The third-order valence-corrected chi connectivity index (χ3v) is 3.39. The Balaban J connectivity index is 1.95. The van der Waals surface area contributed by atoms with E-state index < -0.39 is 11.4 Å². The maximum absolute atomic E-state index is 11.7. The fourth-order valence-electron chi connectivity index (χ4n) is 2.01. The number of carbonyl (C=O) groups excluding carboxylic acids is 1. The minimum absolute atomic E-state index is 0.210. The van der Waals surface area contributed by atoms with Gasteiger partial charge in [-0.05, 0) is 25.0 Å². The molecule has 1 aliphatic rings. The first kappa shape index (κ1) is 11.6. The van der Waals surface area contributed by atoms with Crippen molar-refractivity contribution in [3.63, 3.8) is 0 Å². The third kappa shape index (κ3) is 2.30. The van der Waals surface area contributed by atoms with E-state index in [2.05, 4.69) is 5.32 Å². The van der Waals surface area contributed by atoms with Crippen LogP contribution in [0.15, 0.2) is 30.3 Å². The number of carboxylic acids is 1. The van der Waals surface area contributed by atoms with Crippen molar-refractivity contribution in [2.45, 2.75) is 19.3 Å². The molecule has 2 rings (SSSR count). The number of rotatable bonds is 4. The summed E-state index contributed by atoms with van der Waals surface area (Å²) in [6.07, 6.45) is 2.22. The molecule has 0 heterocycles. The molecular formula is C13H15NO3. The lowest BCUT2D eigenvalue weighted by Gasteiger charge is -2.37. The average molecular weight is 233 g/mol. The zero-order valence-electron chi connectivity index (χ0n) is 9.48. The van der Waals surface area contributed by atoms with Crippen molar-refractivity contribution in [2.75, 3.05) is 6.54 Å². The van der Waals surface area contributed by atoms with Crippen molar-refractivity contribution in [3.8, 4) is 0 Å². The normalized spacial score (nSPS) is 16.9. The Labute approximate surface area is 99.6 Å². The van der Waals surface area contributed by atoms with Crippen LogP contribution in [0, 0.1) is 5.41 Å². The lowest BCUT2D eigenvalue weighted by atomic mass is 9.69. The Morgan fingerprint density at radius 3 is 2.35 bits per heavy atom. The molecule has 90 valence electrons. The summed E-state index contributed by atoms with van der Waals surface area (Å²) >= 11 is 0. The number of nitrogens with one attached hydrogen (secondary N) is 1. The highest BCUT2D eigenvalue weighted by Gasteiger charge is 2.44. The van der Waals surface area contributed by atoms with Gasteiger partial charge in [-0.2, -0.15) is 0 Å². The van der Waals surface area contributed by atoms with Crippen molar-refractivity contribution in [3.05, 3.63) is 35.9 Å². The molecule has 1 saturated carbocycles. The quantitative estimate of drug-likeness (QED) is 0.831. The predicted octanol–water partition coefficient (Wildman–Crippen LogP) is 1.67. The maximum Gasteiger partial charge on any atom is 0.311 e. The second-order valence-corrected chi connectivity index (χ2v) is 4.49. The number of benzene rings is 1. The molecule has 0 atom stereocenters. The topological polar surface area (TPSA) is 66.4 Å². The Morgan fingerprint density at radius 2 is 1.88 bits per heavy atom. The second kappa shape index (κ2) is 4.57. The first-order valence-electron chi connectivity index (χ1n) is 5.71. The Bertz CT molecular complexity index is 424. The third-order valence-electron chi connectivity index (χ3n) is 3.39. The van der Waals surface area contributed by atoms with Crippen molar-refractivity contribution in [1.29, 1.82) is 0 Å². The van der Waals surface area contributed by atoms with Crippen molar-refractivity contribution in [1.82, 2.24) is 5.32 Å². The van der Waals surface area contributed by atoms with Crippen LogP contribution >= 0.6 is 0 Å². The number of aliphatic carboxylic acids is 1. The van der Waals surface area contributed by atoms with Crippen LogP contribution in [-0.4, -0.2) is 23.5 Å². The van der Waals surface area contributed by atoms with Gasteiger partial charge in [-0.3, -0.25) is 9.59 Å². The van der Waals surface area contributed by atoms with Crippen LogP contribution in [0.5, 0.6) is 0 Å². The van der Waals surface area contributed by atoms with E-state index >= 15 is 0 Å². The van der Waals surface area contributed by atoms with Crippen molar-refractivity contribution in [2.24, 2.45) is 5.41 Å². The Hall–Kier alpha value is -1.84. The smallest absolute Gasteiger partial charge is 0.311 e. The Kier molecular flexibility index (Phi) is 3.13. The minimum Gasteiger partial charge on any atom is -0.481 e. The number of carboxylic acid groups (broad SMARTS) is 1. The van der Waals surface area contributed by atoms with E-state index in [0.717, 1.165) is 6.42 Å². The lowest BCUT2D eigenvalue weighted by Crippen LogP contribution is -2.47. The van der Waals surface area contributed by atoms with Gasteiger partial charge in [0, 0.05) is 12.1 Å². The summed E-state index contributed by atoms with van der Waals surface area (Å²) in [7, 11) is 0. The summed E-state index contributed by atoms with van der Waals surface area (Å²) in [6.45, 7) is 0.218. The van der Waals surface area contributed by atoms with Gasteiger partial charge in [0.25, 0.3) is 5.91 Å². The molecule has 0 radical (unpaired) electrons. The van der Waals surface area contributed by atoms with Crippen LogP contribution in [-0.2, 0) is 4.79 Å². The molecule has 0 spiro atoms. The van der Waals surface area contributed by atoms with Gasteiger partial charge >= 0.3 is 5.97 Å². The van der Waals surface area contributed by atoms with Gasteiger partial charge < -0.3 is 10.4 Å². The highest BCUT2D eigenvalue weighted by molar-refractivity contribution is 5.94. The molecule has 1 aliphatic carbocycles. The standard InChI is InChI=1S/C13H15NO3/c15-11(10-5-2-1-3-6-10)14-9-13(12(16)17)7-4-8-13/h1-3,5-6H,4,7-9H2,(H,14,15)(H,16,17). The van der Waals surface area contributed by atoms with Crippen molar-refractivity contribution >= 4 is 11.9 Å². The molecule has 0 unspecified atom stereocenters. The molecule has 1 fully saturated rings. The molecule has 17 heavy (non-hydrogen) atoms. The number of hydrogen-bond acceptors (Lipinski definition) is 2. The zero-order chi connectivity index (χ0) is 12.3. The molecular weight excluding hydrogens is 218 g/mol. The number of hydrogen-bond donors (Lipinski definition) is 2. The zero-order valence-corrected chi connectivity index (χ0v) is 9.48. The molecule has 1 amide bonds. The minimum atomic E-state index is -0.808. The van der Waals surface area contributed by atoms with Crippen LogP contribution in [0.1, 0.15) is 29.6 Å². The van der Waals surface area contributed by atoms with E-state index in [1.807, 2.05) is 6.07 Å². The highest BCUT2D eigenvalue weighted by atomic mass is 16.4. The van der Waals surface area contributed by atoms with Crippen LogP contribution in [0.3, 0.4) is 0 Å². The number of carbonyl (C=O) groups is 2. The molecule has 0 bridgehead atoms. The van der Waals surface area contributed by atoms with Gasteiger partial charge in [0.1, 0.15) is 0 Å². The van der Waals surface area contributed by atoms with Gasteiger partial charge in [-0.15, -0.1) is 0 Å². The molecule has 1 aromatic rings. The molecule has 2 N–H and O–H groups in total. The SMILES string of the molecule is O=C(NCC1(C(=O)O)CCC1)c1ccccc1. The van der Waals surface area contributed by atoms with Crippen LogP contribution < -0.4 is 5.32 Å². The first-order chi connectivity index (χ1) is 8.14. The van der Waals surface area contributed by atoms with Gasteiger partial charge in [-0.1, -0.05) is 24.6 Å². The molecule has 1 aromatic carbocycles. The largest absolute Gasteiger partial charge is 0.481 e. The highest BCUT2D eigenvalue weighted by Crippen LogP contribution is 2.40. The predicted molar refractivity (Wildman–Crippen MR) is 62.7 cm³/mol.